The fourth-order valence-corrected chi connectivity index (χ4v) is 3.82. The van der Waals surface area contributed by atoms with Crippen LogP contribution in [0.25, 0.3) is 0 Å². The van der Waals surface area contributed by atoms with E-state index < -0.39 is 28.5 Å². The van der Waals surface area contributed by atoms with Gasteiger partial charge in [-0.15, -0.1) is 0 Å². The lowest BCUT2D eigenvalue weighted by molar-refractivity contribution is -0.151. The van der Waals surface area contributed by atoms with Crippen LogP contribution < -0.4 is 21.4 Å². The lowest BCUT2D eigenvalue weighted by atomic mass is 9.69. The number of esters is 1. The van der Waals surface area contributed by atoms with Gasteiger partial charge in [-0.3, -0.25) is 4.79 Å². The number of nitrogens with one attached hydrogen (secondary N) is 1. The molecule has 1 amide bonds. The number of nitrogens with two attached hydrogens (primary N) is 1. The molecule has 150 valence electrons. The summed E-state index contributed by atoms with van der Waals surface area (Å²) in [5.41, 5.74) is 3.13. The average Bonchev–Trinajstić information content (AvgIpc) is 2.85. The fraction of sp³-hybridized carbons (Fsp3) is 0.286. The van der Waals surface area contributed by atoms with Crippen molar-refractivity contribution in [2.45, 2.75) is 38.7 Å². The van der Waals surface area contributed by atoms with Gasteiger partial charge in [0.2, 0.25) is 11.8 Å². The number of ether oxygens (including phenoxy) is 2. The van der Waals surface area contributed by atoms with E-state index in [-0.39, 0.29) is 28.5 Å². The van der Waals surface area contributed by atoms with Gasteiger partial charge in [0, 0.05) is 17.3 Å². The van der Waals surface area contributed by atoms with Crippen LogP contribution in [0.2, 0.25) is 0 Å². The zero-order chi connectivity index (χ0) is 21.1. The standard InChI is InChI=1S/C21H20N2O6/c1-10-9-13-14(17(24)27-10)21(11-7-5-6-8-12(11)23-19(21)26)15(16(22)28-13)18(25)29-20(2,3)4/h5-9H,22H2,1-4H3,(H,23,26). The van der Waals surface area contributed by atoms with Crippen LogP contribution in [-0.4, -0.2) is 17.5 Å². The highest BCUT2D eigenvalue weighted by Crippen LogP contribution is 2.52. The number of fused-ring (bicyclic) bond motifs is 4. The molecule has 0 radical (unpaired) electrons. The van der Waals surface area contributed by atoms with Crippen molar-refractivity contribution in [2.75, 3.05) is 5.32 Å². The summed E-state index contributed by atoms with van der Waals surface area (Å²) in [6.07, 6.45) is 0. The van der Waals surface area contributed by atoms with Crippen LogP contribution in [0.15, 0.2) is 51.0 Å². The van der Waals surface area contributed by atoms with Gasteiger partial charge < -0.3 is 24.9 Å². The van der Waals surface area contributed by atoms with Crippen LogP contribution in [0, 0.1) is 6.92 Å². The van der Waals surface area contributed by atoms with Crippen molar-refractivity contribution in [3.8, 4) is 5.75 Å². The van der Waals surface area contributed by atoms with Crippen LogP contribution in [0.1, 0.15) is 37.7 Å². The van der Waals surface area contributed by atoms with Crippen molar-refractivity contribution in [3.05, 3.63) is 69.1 Å². The molecule has 2 aliphatic heterocycles. The number of para-hydroxylation sites is 1. The first-order chi connectivity index (χ1) is 13.6. The smallest absolute Gasteiger partial charge is 0.344 e. The molecule has 1 spiro atoms. The molecule has 1 unspecified atom stereocenters. The van der Waals surface area contributed by atoms with E-state index >= 15 is 0 Å². The average molecular weight is 396 g/mol. The number of amides is 1. The molecular formula is C21H20N2O6. The minimum atomic E-state index is -1.84. The number of rotatable bonds is 1. The van der Waals surface area contributed by atoms with Gasteiger partial charge in [-0.25, -0.2) is 9.59 Å². The molecule has 8 heteroatoms. The summed E-state index contributed by atoms with van der Waals surface area (Å²) in [6, 6.07) is 8.23. The molecule has 1 aromatic heterocycles. The SMILES string of the molecule is Cc1cc2c(c(=O)o1)C1(C(=O)Nc3ccccc31)C(C(=O)OC(C)(C)C)=C(N)O2. The Morgan fingerprint density at radius 3 is 2.59 bits per heavy atom. The fourth-order valence-electron chi connectivity index (χ4n) is 3.82. The normalized spacial score (nSPS) is 20.1. The van der Waals surface area contributed by atoms with Gasteiger partial charge in [0.1, 0.15) is 33.7 Å². The first-order valence-electron chi connectivity index (χ1n) is 9.03. The van der Waals surface area contributed by atoms with Crippen molar-refractivity contribution < 1.29 is 23.5 Å². The molecule has 0 saturated heterocycles. The minimum Gasteiger partial charge on any atom is -0.456 e. The summed E-state index contributed by atoms with van der Waals surface area (Å²) in [4.78, 5) is 39.5. The Morgan fingerprint density at radius 1 is 1.21 bits per heavy atom. The first-order valence-corrected chi connectivity index (χ1v) is 9.03. The van der Waals surface area contributed by atoms with Crippen molar-refractivity contribution in [2.24, 2.45) is 5.73 Å². The highest BCUT2D eigenvalue weighted by Gasteiger charge is 2.60. The quantitative estimate of drug-likeness (QED) is 0.708. The van der Waals surface area contributed by atoms with Gasteiger partial charge in [-0.1, -0.05) is 18.2 Å². The van der Waals surface area contributed by atoms with E-state index in [2.05, 4.69) is 5.32 Å². The lowest BCUT2D eigenvalue weighted by Crippen LogP contribution is -2.49. The second-order valence-electron chi connectivity index (χ2n) is 7.98. The first kappa shape index (κ1) is 18.8. The number of benzene rings is 1. The molecule has 1 aromatic carbocycles. The van der Waals surface area contributed by atoms with Crippen LogP contribution in [0.5, 0.6) is 5.75 Å². The topological polar surface area (TPSA) is 121 Å². The maximum Gasteiger partial charge on any atom is 0.344 e. The molecule has 8 nitrogen and oxygen atoms in total. The Morgan fingerprint density at radius 2 is 1.90 bits per heavy atom. The highest BCUT2D eigenvalue weighted by atomic mass is 16.6. The Labute approximate surface area is 166 Å². The number of carbonyl (C=O) groups excluding carboxylic acids is 2. The molecule has 4 rings (SSSR count). The second kappa shape index (κ2) is 5.97. The molecule has 0 fully saturated rings. The lowest BCUT2D eigenvalue weighted by Gasteiger charge is -2.35. The molecule has 29 heavy (non-hydrogen) atoms. The number of hydrogen-bond acceptors (Lipinski definition) is 7. The van der Waals surface area contributed by atoms with Crippen LogP contribution >= 0.6 is 0 Å². The van der Waals surface area contributed by atoms with E-state index in [0.717, 1.165) is 0 Å². The minimum absolute atomic E-state index is 0.0652. The molecule has 3 N–H and O–H groups in total. The largest absolute Gasteiger partial charge is 0.456 e. The van der Waals surface area contributed by atoms with Crippen molar-refractivity contribution in [3.63, 3.8) is 0 Å². The van der Waals surface area contributed by atoms with E-state index in [1.165, 1.54) is 6.07 Å². The van der Waals surface area contributed by atoms with Crippen molar-refractivity contribution >= 4 is 17.6 Å². The van der Waals surface area contributed by atoms with Crippen LogP contribution in [-0.2, 0) is 19.7 Å². The predicted octanol–water partition coefficient (Wildman–Crippen LogP) is 2.09. The molecule has 2 aliphatic rings. The molecule has 0 aliphatic carbocycles. The van der Waals surface area contributed by atoms with Crippen LogP contribution in [0.4, 0.5) is 5.69 Å². The van der Waals surface area contributed by atoms with Gasteiger partial charge in [-0.05, 0) is 33.8 Å². The Kier molecular flexibility index (Phi) is 3.87. The van der Waals surface area contributed by atoms with Crippen LogP contribution in [0.3, 0.4) is 0 Å². The van der Waals surface area contributed by atoms with Crippen molar-refractivity contribution in [1.29, 1.82) is 0 Å². The van der Waals surface area contributed by atoms with Gasteiger partial charge in [-0.2, -0.15) is 0 Å². The Bertz CT molecular complexity index is 1150. The van der Waals surface area contributed by atoms with Gasteiger partial charge in [0.05, 0.1) is 0 Å². The Hall–Kier alpha value is -3.55. The maximum absolute atomic E-state index is 13.4. The highest BCUT2D eigenvalue weighted by molar-refractivity contribution is 6.17. The molecular weight excluding hydrogens is 376 g/mol. The zero-order valence-corrected chi connectivity index (χ0v) is 16.4. The molecule has 2 aromatic rings. The van der Waals surface area contributed by atoms with Crippen molar-refractivity contribution in [1.82, 2.24) is 0 Å². The Balaban J connectivity index is 2.11. The second-order valence-corrected chi connectivity index (χ2v) is 7.98. The number of carbonyl (C=O) groups is 2. The number of hydrogen-bond donors (Lipinski definition) is 2. The number of aryl methyl sites for hydroxylation is 1. The van der Waals surface area contributed by atoms with Gasteiger partial charge in [0.25, 0.3) is 0 Å². The van der Waals surface area contributed by atoms with E-state index in [1.54, 1.807) is 52.0 Å². The predicted molar refractivity (Wildman–Crippen MR) is 103 cm³/mol. The molecule has 0 saturated carbocycles. The number of anilines is 1. The summed E-state index contributed by atoms with van der Waals surface area (Å²) in [5.74, 6) is -1.42. The van der Waals surface area contributed by atoms with E-state index in [1.807, 2.05) is 0 Å². The van der Waals surface area contributed by atoms with Gasteiger partial charge >= 0.3 is 11.6 Å². The summed E-state index contributed by atoms with van der Waals surface area (Å²) < 4.78 is 16.4. The summed E-state index contributed by atoms with van der Waals surface area (Å²) in [6.45, 7) is 6.63. The van der Waals surface area contributed by atoms with Gasteiger partial charge in [0.15, 0.2) is 0 Å². The third-order valence-corrected chi connectivity index (χ3v) is 4.78. The molecule has 3 heterocycles. The molecule has 1 atom stereocenters. The van der Waals surface area contributed by atoms with E-state index in [4.69, 9.17) is 19.6 Å². The summed E-state index contributed by atoms with van der Waals surface area (Å²) in [5, 5.41) is 2.74. The third-order valence-electron chi connectivity index (χ3n) is 4.78. The maximum atomic E-state index is 13.4. The summed E-state index contributed by atoms with van der Waals surface area (Å²) in [7, 11) is 0. The van der Waals surface area contributed by atoms with E-state index in [0.29, 0.717) is 11.3 Å². The zero-order valence-electron chi connectivity index (χ0n) is 16.4. The van der Waals surface area contributed by atoms with E-state index in [9.17, 15) is 14.4 Å². The molecule has 0 bridgehead atoms. The monoisotopic (exact) mass is 396 g/mol. The summed E-state index contributed by atoms with van der Waals surface area (Å²) >= 11 is 0. The third kappa shape index (κ3) is 2.63.